The topological polar surface area (TPSA) is 77.2 Å². The van der Waals surface area contributed by atoms with Crippen LogP contribution < -0.4 is 0 Å². The van der Waals surface area contributed by atoms with E-state index in [-0.39, 0.29) is 5.91 Å². The molecule has 1 N–H and O–H groups in total. The van der Waals surface area contributed by atoms with Gasteiger partial charge in [0.15, 0.2) is 0 Å². The maximum absolute atomic E-state index is 11.9. The molecule has 5 nitrogen and oxygen atoms in total. The smallest absolute Gasteiger partial charge is 0.272 e. The molecule has 2 rings (SSSR count). The lowest BCUT2D eigenvalue weighted by atomic mass is 9.91. The Morgan fingerprint density at radius 1 is 1.65 bits per heavy atom. The van der Waals surface area contributed by atoms with Gasteiger partial charge in [-0.25, -0.2) is 4.98 Å². The summed E-state index contributed by atoms with van der Waals surface area (Å²) in [6.45, 7) is 2.59. The molecule has 0 saturated carbocycles. The lowest BCUT2D eigenvalue weighted by Crippen LogP contribution is -2.63. The molecule has 1 aromatic heterocycles. The Labute approximate surface area is 99.3 Å². The zero-order valence-electron chi connectivity index (χ0n) is 9.55. The summed E-state index contributed by atoms with van der Waals surface area (Å²) in [6.07, 6.45) is 2.01. The fraction of sp³-hybridized carbons (Fsp3) is 0.417. The lowest BCUT2D eigenvalue weighted by Gasteiger charge is -2.45. The fourth-order valence-electron chi connectivity index (χ4n) is 1.78. The average Bonchev–Trinajstić information content (AvgIpc) is 2.34. The van der Waals surface area contributed by atoms with E-state index in [2.05, 4.69) is 4.98 Å². The van der Waals surface area contributed by atoms with Crippen molar-refractivity contribution in [1.82, 2.24) is 9.88 Å². The Hall–Kier alpha value is -1.93. The number of pyridine rings is 1. The van der Waals surface area contributed by atoms with Gasteiger partial charge in [0.05, 0.1) is 24.3 Å². The van der Waals surface area contributed by atoms with Gasteiger partial charge in [0.25, 0.3) is 5.91 Å². The van der Waals surface area contributed by atoms with Gasteiger partial charge < -0.3 is 10.0 Å². The van der Waals surface area contributed by atoms with Crippen molar-refractivity contribution in [2.24, 2.45) is 0 Å². The summed E-state index contributed by atoms with van der Waals surface area (Å²) in [6, 6.07) is 5.04. The number of hydrogen-bond donors (Lipinski definition) is 1. The lowest BCUT2D eigenvalue weighted by molar-refractivity contribution is -0.0828. The van der Waals surface area contributed by atoms with Crippen molar-refractivity contribution >= 4 is 5.91 Å². The first-order chi connectivity index (χ1) is 8.08. The van der Waals surface area contributed by atoms with E-state index in [1.807, 2.05) is 13.0 Å². The number of β-amino-alcohol motifs (C(OH)–C–C–N with tert-alkyl or cyclic N) is 1. The van der Waals surface area contributed by atoms with Crippen LogP contribution in [0.3, 0.4) is 0 Å². The minimum atomic E-state index is -0.734. The van der Waals surface area contributed by atoms with Gasteiger partial charge in [-0.1, -0.05) is 6.92 Å². The third-order valence-electron chi connectivity index (χ3n) is 3.03. The first-order valence-corrected chi connectivity index (χ1v) is 5.46. The van der Waals surface area contributed by atoms with E-state index in [9.17, 15) is 9.90 Å². The van der Waals surface area contributed by atoms with Crippen LogP contribution in [0.4, 0.5) is 0 Å². The molecule has 1 aromatic rings. The van der Waals surface area contributed by atoms with Gasteiger partial charge in [-0.05, 0) is 18.6 Å². The van der Waals surface area contributed by atoms with E-state index in [1.165, 1.54) is 12.3 Å². The Balaban J connectivity index is 2.04. The molecule has 0 aromatic carbocycles. The number of likely N-dealkylation sites (tertiary alicyclic amines) is 1. The molecule has 0 aliphatic carbocycles. The molecule has 0 spiro atoms. The highest BCUT2D eigenvalue weighted by Gasteiger charge is 2.42. The Morgan fingerprint density at radius 2 is 2.35 bits per heavy atom. The SMILES string of the molecule is CCC1(O)CN(C(=O)c2ccc(C#N)cn2)C1. The molecule has 2 heterocycles. The van der Waals surface area contributed by atoms with Crippen LogP contribution in [0, 0.1) is 11.3 Å². The standard InChI is InChI=1S/C12H13N3O2/c1-2-12(17)7-15(8-12)11(16)10-4-3-9(5-13)6-14-10/h3-4,6,17H,2,7-8H2,1H3. The van der Waals surface area contributed by atoms with Gasteiger partial charge in [0.2, 0.25) is 0 Å². The van der Waals surface area contributed by atoms with Gasteiger partial charge in [0, 0.05) is 6.20 Å². The number of aliphatic hydroxyl groups is 1. The number of carbonyl (C=O) groups is 1. The summed E-state index contributed by atoms with van der Waals surface area (Å²) < 4.78 is 0. The summed E-state index contributed by atoms with van der Waals surface area (Å²) in [5.41, 5.74) is -0.000193. The van der Waals surface area contributed by atoms with Crippen LogP contribution in [0.2, 0.25) is 0 Å². The van der Waals surface area contributed by atoms with Gasteiger partial charge in [0.1, 0.15) is 11.8 Å². The van der Waals surface area contributed by atoms with Crippen LogP contribution in [0.5, 0.6) is 0 Å². The Kier molecular flexibility index (Phi) is 2.82. The minimum absolute atomic E-state index is 0.201. The number of carbonyl (C=O) groups excluding carboxylic acids is 1. The van der Waals surface area contributed by atoms with E-state index in [4.69, 9.17) is 5.26 Å². The van der Waals surface area contributed by atoms with Crippen molar-refractivity contribution in [3.05, 3.63) is 29.6 Å². The van der Waals surface area contributed by atoms with E-state index in [0.29, 0.717) is 30.8 Å². The van der Waals surface area contributed by atoms with Crippen molar-refractivity contribution in [3.63, 3.8) is 0 Å². The van der Waals surface area contributed by atoms with Gasteiger partial charge >= 0.3 is 0 Å². The zero-order chi connectivity index (χ0) is 12.5. The highest BCUT2D eigenvalue weighted by molar-refractivity contribution is 5.93. The van der Waals surface area contributed by atoms with Crippen molar-refractivity contribution < 1.29 is 9.90 Å². The summed E-state index contributed by atoms with van der Waals surface area (Å²) in [4.78, 5) is 17.4. The summed E-state index contributed by atoms with van der Waals surface area (Å²) in [5, 5.41) is 18.4. The molecule has 0 radical (unpaired) electrons. The molecular formula is C12H13N3O2. The quantitative estimate of drug-likeness (QED) is 0.806. The average molecular weight is 231 g/mol. The molecule has 17 heavy (non-hydrogen) atoms. The summed E-state index contributed by atoms with van der Waals surface area (Å²) >= 11 is 0. The van der Waals surface area contributed by atoms with Crippen LogP contribution >= 0.6 is 0 Å². The molecule has 1 aliphatic rings. The summed E-state index contributed by atoms with van der Waals surface area (Å²) in [5.74, 6) is -0.201. The van der Waals surface area contributed by atoms with E-state index >= 15 is 0 Å². The van der Waals surface area contributed by atoms with E-state index in [1.54, 1.807) is 11.0 Å². The number of nitrogens with zero attached hydrogens (tertiary/aromatic N) is 3. The normalized spacial score (nSPS) is 17.1. The third-order valence-corrected chi connectivity index (χ3v) is 3.03. The molecule has 1 amide bonds. The van der Waals surface area contributed by atoms with Crippen molar-refractivity contribution in [2.75, 3.05) is 13.1 Å². The van der Waals surface area contributed by atoms with Crippen molar-refractivity contribution in [2.45, 2.75) is 18.9 Å². The maximum atomic E-state index is 11.9. The molecule has 0 unspecified atom stereocenters. The first-order valence-electron chi connectivity index (χ1n) is 5.46. The third kappa shape index (κ3) is 2.12. The number of rotatable bonds is 2. The second kappa shape index (κ2) is 4.15. The predicted octanol–water partition coefficient (Wildman–Crippen LogP) is 0.550. The molecule has 5 heteroatoms. The second-order valence-electron chi connectivity index (χ2n) is 4.28. The number of hydrogen-bond acceptors (Lipinski definition) is 4. The largest absolute Gasteiger partial charge is 0.386 e. The van der Waals surface area contributed by atoms with Gasteiger partial charge in [-0.3, -0.25) is 4.79 Å². The van der Waals surface area contributed by atoms with Crippen molar-refractivity contribution in [1.29, 1.82) is 5.26 Å². The molecule has 1 aliphatic heterocycles. The van der Waals surface area contributed by atoms with Gasteiger partial charge in [-0.15, -0.1) is 0 Å². The molecule has 1 saturated heterocycles. The maximum Gasteiger partial charge on any atom is 0.272 e. The molecule has 0 atom stereocenters. The Morgan fingerprint density at radius 3 is 2.82 bits per heavy atom. The molecule has 1 fully saturated rings. The van der Waals surface area contributed by atoms with Crippen LogP contribution in [-0.4, -0.2) is 39.6 Å². The molecule has 88 valence electrons. The van der Waals surface area contributed by atoms with E-state index in [0.717, 1.165) is 0 Å². The molecular weight excluding hydrogens is 218 g/mol. The first kappa shape index (κ1) is 11.6. The monoisotopic (exact) mass is 231 g/mol. The fourth-order valence-corrected chi connectivity index (χ4v) is 1.78. The minimum Gasteiger partial charge on any atom is -0.386 e. The zero-order valence-corrected chi connectivity index (χ0v) is 9.55. The van der Waals surface area contributed by atoms with Crippen molar-refractivity contribution in [3.8, 4) is 6.07 Å². The predicted molar refractivity (Wildman–Crippen MR) is 60.1 cm³/mol. The number of aromatic nitrogens is 1. The van der Waals surface area contributed by atoms with Crippen LogP contribution in [0.1, 0.15) is 29.4 Å². The molecule has 0 bridgehead atoms. The van der Waals surface area contributed by atoms with E-state index < -0.39 is 5.60 Å². The highest BCUT2D eigenvalue weighted by Crippen LogP contribution is 2.25. The second-order valence-corrected chi connectivity index (χ2v) is 4.28. The Bertz CT molecular complexity index is 470. The number of nitriles is 1. The number of amides is 1. The van der Waals surface area contributed by atoms with Crippen LogP contribution in [0.15, 0.2) is 18.3 Å². The van der Waals surface area contributed by atoms with Crippen LogP contribution in [0.25, 0.3) is 0 Å². The summed E-state index contributed by atoms with van der Waals surface area (Å²) in [7, 11) is 0. The highest BCUT2D eigenvalue weighted by atomic mass is 16.3. The van der Waals surface area contributed by atoms with Crippen LogP contribution in [-0.2, 0) is 0 Å². The van der Waals surface area contributed by atoms with Gasteiger partial charge in [-0.2, -0.15) is 5.26 Å².